The number of hydrogen-bond donors (Lipinski definition) is 3. The van der Waals surface area contributed by atoms with Crippen molar-refractivity contribution in [2.75, 3.05) is 19.5 Å². The van der Waals surface area contributed by atoms with E-state index in [4.69, 9.17) is 9.47 Å². The first kappa shape index (κ1) is 25.8. The minimum absolute atomic E-state index is 0.00580. The van der Waals surface area contributed by atoms with Gasteiger partial charge in [0.05, 0.1) is 31.2 Å². The van der Waals surface area contributed by atoms with Crippen LogP contribution in [0.25, 0.3) is 11.3 Å². The van der Waals surface area contributed by atoms with E-state index < -0.39 is 0 Å². The lowest BCUT2D eigenvalue weighted by atomic mass is 9.82. The van der Waals surface area contributed by atoms with Crippen LogP contribution in [0.4, 0.5) is 10.5 Å². The summed E-state index contributed by atoms with van der Waals surface area (Å²) in [6, 6.07) is 20.7. The monoisotopic (exact) mass is 526 g/mol. The van der Waals surface area contributed by atoms with E-state index in [1.54, 1.807) is 43.5 Å². The Bertz CT molecular complexity index is 1490. The molecular formula is C30H30N4O5. The van der Waals surface area contributed by atoms with Gasteiger partial charge in [-0.15, -0.1) is 0 Å². The second-order valence-electron chi connectivity index (χ2n) is 9.39. The molecule has 1 fully saturated rings. The van der Waals surface area contributed by atoms with Crippen LogP contribution in [0.1, 0.15) is 46.8 Å². The quantitative estimate of drug-likeness (QED) is 0.259. The van der Waals surface area contributed by atoms with Crippen LogP contribution in [0.15, 0.2) is 72.8 Å². The lowest BCUT2D eigenvalue weighted by Crippen LogP contribution is -2.31. The molecule has 1 aliphatic carbocycles. The summed E-state index contributed by atoms with van der Waals surface area (Å²) in [6.45, 7) is 0.331. The average molecular weight is 527 g/mol. The molecule has 1 saturated carbocycles. The number of para-hydroxylation sites is 1. The van der Waals surface area contributed by atoms with Crippen molar-refractivity contribution in [3.8, 4) is 28.5 Å². The number of anilines is 1. The predicted molar refractivity (Wildman–Crippen MR) is 147 cm³/mol. The number of phenols is 1. The minimum atomic E-state index is -0.348. The fourth-order valence-electron chi connectivity index (χ4n) is 4.53. The second kappa shape index (κ2) is 11.3. The van der Waals surface area contributed by atoms with E-state index in [0.29, 0.717) is 34.8 Å². The van der Waals surface area contributed by atoms with Gasteiger partial charge < -0.3 is 25.2 Å². The first-order valence-electron chi connectivity index (χ1n) is 12.8. The summed E-state index contributed by atoms with van der Waals surface area (Å²) in [7, 11) is 3.11. The first-order valence-corrected chi connectivity index (χ1v) is 12.8. The molecule has 3 aromatic carbocycles. The third-order valence-corrected chi connectivity index (χ3v) is 6.94. The molecule has 39 heavy (non-hydrogen) atoms. The number of nitrogens with one attached hydrogen (secondary N) is 2. The molecular weight excluding hydrogens is 496 g/mol. The Morgan fingerprint density at radius 2 is 1.77 bits per heavy atom. The second-order valence-corrected chi connectivity index (χ2v) is 9.39. The van der Waals surface area contributed by atoms with Gasteiger partial charge in [0.25, 0.3) is 5.91 Å². The fraction of sp³-hybridized carbons (Fsp3) is 0.233. The van der Waals surface area contributed by atoms with E-state index in [-0.39, 0.29) is 23.6 Å². The lowest BCUT2D eigenvalue weighted by molar-refractivity contribution is 0.102. The van der Waals surface area contributed by atoms with Gasteiger partial charge in [0.15, 0.2) is 0 Å². The van der Waals surface area contributed by atoms with Crippen LogP contribution in [0.3, 0.4) is 0 Å². The molecule has 2 amide bonds. The van der Waals surface area contributed by atoms with Crippen LogP contribution in [0.5, 0.6) is 17.2 Å². The minimum Gasteiger partial charge on any atom is -0.507 e. The highest BCUT2D eigenvalue weighted by atomic mass is 16.5. The summed E-state index contributed by atoms with van der Waals surface area (Å²) < 4.78 is 11.9. The van der Waals surface area contributed by atoms with Gasteiger partial charge in [0.1, 0.15) is 17.2 Å². The maximum atomic E-state index is 13.2. The van der Waals surface area contributed by atoms with Crippen molar-refractivity contribution in [1.29, 1.82) is 0 Å². The Balaban J connectivity index is 1.39. The number of nitrogens with zero attached hydrogens (tertiary/aromatic N) is 2. The van der Waals surface area contributed by atoms with E-state index in [2.05, 4.69) is 15.7 Å². The molecule has 0 atom stereocenters. The van der Waals surface area contributed by atoms with Gasteiger partial charge in [-0.25, -0.2) is 4.79 Å². The number of benzene rings is 3. The molecule has 5 rings (SSSR count). The first-order chi connectivity index (χ1) is 19.0. The molecule has 0 spiro atoms. The van der Waals surface area contributed by atoms with E-state index in [9.17, 15) is 14.7 Å². The maximum Gasteiger partial charge on any atom is 0.342 e. The Morgan fingerprint density at radius 3 is 2.46 bits per heavy atom. The Hall–Kier alpha value is -4.79. The van der Waals surface area contributed by atoms with Crippen molar-refractivity contribution in [1.82, 2.24) is 15.1 Å². The molecule has 200 valence electrons. The molecule has 1 aromatic heterocycles. The van der Waals surface area contributed by atoms with Crippen molar-refractivity contribution in [2.24, 2.45) is 0 Å². The third-order valence-electron chi connectivity index (χ3n) is 6.94. The normalized spacial score (nSPS) is 12.9. The average Bonchev–Trinajstić information content (AvgIpc) is 3.36. The molecule has 0 bridgehead atoms. The highest BCUT2D eigenvalue weighted by Gasteiger charge is 2.28. The molecule has 0 radical (unpaired) electrons. The molecule has 1 aliphatic rings. The molecule has 0 aliphatic heterocycles. The smallest absolute Gasteiger partial charge is 0.342 e. The Kier molecular flexibility index (Phi) is 7.49. The number of hydrogen-bond acceptors (Lipinski definition) is 6. The zero-order valence-corrected chi connectivity index (χ0v) is 21.8. The number of aromatic hydroxyl groups is 1. The van der Waals surface area contributed by atoms with E-state index in [0.717, 1.165) is 36.3 Å². The van der Waals surface area contributed by atoms with E-state index in [1.807, 2.05) is 30.3 Å². The highest BCUT2D eigenvalue weighted by molar-refractivity contribution is 6.06. The van der Waals surface area contributed by atoms with Crippen molar-refractivity contribution >= 4 is 17.6 Å². The summed E-state index contributed by atoms with van der Waals surface area (Å²) in [5.74, 6) is 1.07. The van der Waals surface area contributed by atoms with Gasteiger partial charge in [0.2, 0.25) is 0 Å². The van der Waals surface area contributed by atoms with Gasteiger partial charge in [0, 0.05) is 23.7 Å². The zero-order valence-electron chi connectivity index (χ0n) is 21.8. The number of carbonyl (C=O) groups is 2. The van der Waals surface area contributed by atoms with Crippen LogP contribution < -0.4 is 20.1 Å². The molecule has 3 N–H and O–H groups in total. The number of aromatic nitrogens is 2. The third kappa shape index (κ3) is 5.57. The van der Waals surface area contributed by atoms with E-state index >= 15 is 0 Å². The lowest BCUT2D eigenvalue weighted by Gasteiger charge is -2.25. The zero-order chi connectivity index (χ0) is 27.4. The van der Waals surface area contributed by atoms with Gasteiger partial charge in [-0.1, -0.05) is 30.7 Å². The van der Waals surface area contributed by atoms with Crippen molar-refractivity contribution < 1.29 is 24.2 Å². The van der Waals surface area contributed by atoms with Gasteiger partial charge in [-0.3, -0.25) is 4.79 Å². The molecule has 9 heteroatoms. The number of ether oxygens (including phenoxy) is 2. The SMILES string of the molecule is COc1ccc(CNC(=O)n2nc(-c3cc(NC(=O)c4ccccc4OC)ccc3O)cc2C2CCC2)cc1. The van der Waals surface area contributed by atoms with Crippen molar-refractivity contribution in [2.45, 2.75) is 31.7 Å². The predicted octanol–water partition coefficient (Wildman–Crippen LogP) is 5.55. The number of methoxy groups -OCH3 is 2. The van der Waals surface area contributed by atoms with Crippen molar-refractivity contribution in [3.05, 3.63) is 89.6 Å². The Labute approximate surface area is 226 Å². The summed E-state index contributed by atoms with van der Waals surface area (Å²) in [6.07, 6.45) is 3.03. The van der Waals surface area contributed by atoms with Crippen LogP contribution in [0.2, 0.25) is 0 Å². The summed E-state index contributed by atoms with van der Waals surface area (Å²) in [5, 5.41) is 21.0. The van der Waals surface area contributed by atoms with Crippen LogP contribution in [0, 0.1) is 0 Å². The number of amides is 2. The molecule has 0 unspecified atom stereocenters. The van der Waals surface area contributed by atoms with Gasteiger partial charge in [-0.05, 0) is 66.9 Å². The van der Waals surface area contributed by atoms with Crippen LogP contribution in [-0.2, 0) is 6.54 Å². The molecule has 1 heterocycles. The van der Waals surface area contributed by atoms with Gasteiger partial charge in [-0.2, -0.15) is 9.78 Å². The maximum absolute atomic E-state index is 13.2. The van der Waals surface area contributed by atoms with Gasteiger partial charge >= 0.3 is 6.03 Å². The largest absolute Gasteiger partial charge is 0.507 e. The Morgan fingerprint density at radius 1 is 1.00 bits per heavy atom. The van der Waals surface area contributed by atoms with E-state index in [1.165, 1.54) is 17.9 Å². The van der Waals surface area contributed by atoms with Crippen LogP contribution in [-0.4, -0.2) is 41.0 Å². The molecule has 4 aromatic rings. The van der Waals surface area contributed by atoms with Crippen molar-refractivity contribution in [3.63, 3.8) is 0 Å². The molecule has 0 saturated heterocycles. The number of carbonyl (C=O) groups excluding carboxylic acids is 2. The molecule has 9 nitrogen and oxygen atoms in total. The standard InChI is InChI=1S/C30H30N4O5/c1-38-22-13-10-19(11-14-22)18-31-30(37)34-26(20-6-5-7-20)17-25(33-34)24-16-21(12-15-27(24)35)32-29(36)23-8-3-4-9-28(23)39-2/h3-4,8-17,20,35H,5-7,18H2,1-2H3,(H,31,37)(H,32,36). The summed E-state index contributed by atoms with van der Waals surface area (Å²) in [5.41, 5.74) is 3.45. The fourth-order valence-corrected chi connectivity index (χ4v) is 4.53. The summed E-state index contributed by atoms with van der Waals surface area (Å²) >= 11 is 0. The highest BCUT2D eigenvalue weighted by Crippen LogP contribution is 2.39. The van der Waals surface area contributed by atoms with Crippen LogP contribution >= 0.6 is 0 Å². The number of phenolic OH excluding ortho intramolecular Hbond substituents is 1. The summed E-state index contributed by atoms with van der Waals surface area (Å²) in [4.78, 5) is 26.1. The topological polar surface area (TPSA) is 115 Å². The number of rotatable bonds is 8.